The molecule has 1 amide bonds. The molecule has 2 heteroatoms. The van der Waals surface area contributed by atoms with Gasteiger partial charge in [0.25, 0.3) is 0 Å². The second kappa shape index (κ2) is 4.09. The maximum Gasteiger partial charge on any atom is 0.246 e. The number of amides is 1. The van der Waals surface area contributed by atoms with E-state index in [4.69, 9.17) is 6.58 Å². The molecular formula is C8H14NO. The molecule has 0 fully saturated rings. The first-order chi connectivity index (χ1) is 4.63. The SMILES string of the molecule is [CH]=CC(=O)N(CC)C(C)C. The van der Waals surface area contributed by atoms with Crippen LogP contribution in [0.2, 0.25) is 0 Å². The van der Waals surface area contributed by atoms with Crippen LogP contribution in [0, 0.1) is 6.58 Å². The number of hydrogen-bond donors (Lipinski definition) is 0. The minimum Gasteiger partial charge on any atom is -0.337 e. The van der Waals surface area contributed by atoms with Crippen LogP contribution < -0.4 is 0 Å². The standard InChI is InChI=1S/C8H14NO/c1-5-8(10)9(6-2)7(3)4/h1,5,7H,6H2,2-4H3. The highest BCUT2D eigenvalue weighted by Gasteiger charge is 2.09. The van der Waals surface area contributed by atoms with Gasteiger partial charge in [-0.05, 0) is 20.8 Å². The fraction of sp³-hybridized carbons (Fsp3) is 0.625. The molecule has 1 radical (unpaired) electrons. The number of nitrogens with zero attached hydrogens (tertiary/aromatic N) is 1. The summed E-state index contributed by atoms with van der Waals surface area (Å²) < 4.78 is 0. The normalized spacial score (nSPS) is 9.60. The molecule has 0 rings (SSSR count). The lowest BCUT2D eigenvalue weighted by molar-refractivity contribution is -0.127. The summed E-state index contributed by atoms with van der Waals surface area (Å²) in [6, 6.07) is 0.234. The second-order valence-corrected chi connectivity index (χ2v) is 2.38. The maximum atomic E-state index is 10.9. The van der Waals surface area contributed by atoms with Crippen LogP contribution in [-0.2, 0) is 4.79 Å². The number of carbonyl (C=O) groups is 1. The predicted molar refractivity (Wildman–Crippen MR) is 41.4 cm³/mol. The van der Waals surface area contributed by atoms with E-state index in [9.17, 15) is 4.79 Å². The molecule has 0 N–H and O–H groups in total. The topological polar surface area (TPSA) is 20.3 Å². The Morgan fingerprint density at radius 1 is 1.70 bits per heavy atom. The average molecular weight is 140 g/mol. The van der Waals surface area contributed by atoms with Crippen molar-refractivity contribution in [2.24, 2.45) is 0 Å². The summed E-state index contributed by atoms with van der Waals surface area (Å²) in [6.45, 7) is 11.6. The molecule has 0 heterocycles. The quantitative estimate of drug-likeness (QED) is 0.540. The van der Waals surface area contributed by atoms with Gasteiger partial charge >= 0.3 is 0 Å². The van der Waals surface area contributed by atoms with E-state index >= 15 is 0 Å². The van der Waals surface area contributed by atoms with Crippen molar-refractivity contribution in [2.75, 3.05) is 6.54 Å². The van der Waals surface area contributed by atoms with E-state index in [2.05, 4.69) is 0 Å². The van der Waals surface area contributed by atoms with Gasteiger partial charge in [-0.1, -0.05) is 6.58 Å². The van der Waals surface area contributed by atoms with Gasteiger partial charge in [0.15, 0.2) is 0 Å². The molecule has 0 aliphatic carbocycles. The van der Waals surface area contributed by atoms with Crippen molar-refractivity contribution < 1.29 is 4.79 Å². The van der Waals surface area contributed by atoms with Crippen molar-refractivity contribution in [3.8, 4) is 0 Å². The van der Waals surface area contributed by atoms with E-state index in [1.165, 1.54) is 0 Å². The first kappa shape index (κ1) is 9.21. The number of hydrogen-bond acceptors (Lipinski definition) is 1. The van der Waals surface area contributed by atoms with Crippen molar-refractivity contribution in [1.29, 1.82) is 0 Å². The number of rotatable bonds is 3. The smallest absolute Gasteiger partial charge is 0.246 e. The molecule has 0 aromatic rings. The Hall–Kier alpha value is -0.790. The summed E-state index contributed by atoms with van der Waals surface area (Å²) in [5, 5.41) is 0. The highest BCUT2D eigenvalue weighted by atomic mass is 16.2. The van der Waals surface area contributed by atoms with Crippen LogP contribution in [0.3, 0.4) is 0 Å². The maximum absolute atomic E-state index is 10.9. The zero-order chi connectivity index (χ0) is 8.15. The van der Waals surface area contributed by atoms with Gasteiger partial charge in [0.05, 0.1) is 0 Å². The monoisotopic (exact) mass is 140 g/mol. The Morgan fingerprint density at radius 2 is 2.20 bits per heavy atom. The molecule has 0 aliphatic heterocycles. The molecule has 0 atom stereocenters. The summed E-state index contributed by atoms with van der Waals surface area (Å²) in [5.74, 6) is -0.0995. The van der Waals surface area contributed by atoms with Gasteiger partial charge < -0.3 is 4.90 Å². The minimum atomic E-state index is -0.0995. The summed E-state index contributed by atoms with van der Waals surface area (Å²) in [4.78, 5) is 12.6. The zero-order valence-corrected chi connectivity index (χ0v) is 6.79. The number of carbonyl (C=O) groups excluding carboxylic acids is 1. The Morgan fingerprint density at radius 3 is 2.30 bits per heavy atom. The number of likely N-dealkylation sites (N-methyl/N-ethyl adjacent to an activating group) is 1. The summed E-state index contributed by atoms with van der Waals surface area (Å²) in [7, 11) is 0. The van der Waals surface area contributed by atoms with Crippen LogP contribution in [0.5, 0.6) is 0 Å². The highest BCUT2D eigenvalue weighted by molar-refractivity contribution is 5.86. The Kier molecular flexibility index (Phi) is 3.77. The van der Waals surface area contributed by atoms with Crippen LogP contribution in [0.15, 0.2) is 6.08 Å². The lowest BCUT2D eigenvalue weighted by Gasteiger charge is -2.23. The summed E-state index contributed by atoms with van der Waals surface area (Å²) in [6.07, 6.45) is 1.10. The minimum absolute atomic E-state index is 0.0995. The van der Waals surface area contributed by atoms with E-state index in [-0.39, 0.29) is 11.9 Å². The van der Waals surface area contributed by atoms with Gasteiger partial charge in [-0.15, -0.1) is 0 Å². The van der Waals surface area contributed by atoms with Crippen molar-refractivity contribution >= 4 is 5.91 Å². The van der Waals surface area contributed by atoms with E-state index in [1.54, 1.807) is 4.90 Å². The van der Waals surface area contributed by atoms with Crippen LogP contribution in [-0.4, -0.2) is 23.4 Å². The van der Waals surface area contributed by atoms with E-state index in [1.807, 2.05) is 20.8 Å². The molecule has 2 nitrogen and oxygen atoms in total. The van der Waals surface area contributed by atoms with Gasteiger partial charge in [0, 0.05) is 18.7 Å². The van der Waals surface area contributed by atoms with Crippen LogP contribution in [0.25, 0.3) is 0 Å². The fourth-order valence-corrected chi connectivity index (χ4v) is 0.871. The lowest BCUT2D eigenvalue weighted by Crippen LogP contribution is -2.35. The van der Waals surface area contributed by atoms with Crippen LogP contribution in [0.1, 0.15) is 20.8 Å². The summed E-state index contributed by atoms with van der Waals surface area (Å²) >= 11 is 0. The molecular weight excluding hydrogens is 126 g/mol. The summed E-state index contributed by atoms with van der Waals surface area (Å²) in [5.41, 5.74) is 0. The fourth-order valence-electron chi connectivity index (χ4n) is 0.871. The van der Waals surface area contributed by atoms with E-state index in [0.29, 0.717) is 6.54 Å². The molecule has 0 aliphatic rings. The highest BCUT2D eigenvalue weighted by Crippen LogP contribution is 1.97. The zero-order valence-electron chi connectivity index (χ0n) is 6.79. The third kappa shape index (κ3) is 2.21. The van der Waals surface area contributed by atoms with Crippen molar-refractivity contribution in [3.05, 3.63) is 12.7 Å². The average Bonchev–Trinajstić information content (AvgIpc) is 1.88. The van der Waals surface area contributed by atoms with Crippen LogP contribution >= 0.6 is 0 Å². The lowest BCUT2D eigenvalue weighted by atomic mass is 10.3. The Balaban J connectivity index is 4.06. The van der Waals surface area contributed by atoms with E-state index < -0.39 is 0 Å². The predicted octanol–water partition coefficient (Wildman–Crippen LogP) is 1.23. The van der Waals surface area contributed by atoms with Gasteiger partial charge in [-0.3, -0.25) is 4.79 Å². The van der Waals surface area contributed by atoms with Crippen molar-refractivity contribution in [3.63, 3.8) is 0 Å². The first-order valence-corrected chi connectivity index (χ1v) is 3.49. The van der Waals surface area contributed by atoms with Gasteiger partial charge in [-0.2, -0.15) is 0 Å². The Labute approximate surface area is 62.5 Å². The molecule has 0 aromatic carbocycles. The molecule has 0 bridgehead atoms. The molecule has 0 saturated heterocycles. The molecule has 10 heavy (non-hydrogen) atoms. The van der Waals surface area contributed by atoms with E-state index in [0.717, 1.165) is 6.08 Å². The van der Waals surface area contributed by atoms with Crippen molar-refractivity contribution in [2.45, 2.75) is 26.8 Å². The first-order valence-electron chi connectivity index (χ1n) is 3.49. The molecule has 0 saturated carbocycles. The molecule has 57 valence electrons. The largest absolute Gasteiger partial charge is 0.337 e. The third-order valence-corrected chi connectivity index (χ3v) is 1.39. The van der Waals surface area contributed by atoms with Gasteiger partial charge in [-0.25, -0.2) is 0 Å². The van der Waals surface area contributed by atoms with Gasteiger partial charge in [0.1, 0.15) is 0 Å². The van der Waals surface area contributed by atoms with Crippen LogP contribution in [0.4, 0.5) is 0 Å². The molecule has 0 aromatic heterocycles. The molecule has 0 spiro atoms. The second-order valence-electron chi connectivity index (χ2n) is 2.38. The van der Waals surface area contributed by atoms with Gasteiger partial charge in [0.2, 0.25) is 5.91 Å². The third-order valence-electron chi connectivity index (χ3n) is 1.39. The van der Waals surface area contributed by atoms with Crippen molar-refractivity contribution in [1.82, 2.24) is 4.90 Å². The molecule has 0 unspecified atom stereocenters. The Bertz CT molecular complexity index is 129.